The van der Waals surface area contributed by atoms with E-state index in [1.54, 1.807) is 12.1 Å². The molecule has 3 rings (SSSR count). The molecule has 0 spiro atoms. The Kier molecular flexibility index (Phi) is 4.73. The van der Waals surface area contributed by atoms with Crippen molar-refractivity contribution >= 4 is 15.9 Å². The van der Waals surface area contributed by atoms with E-state index in [0.29, 0.717) is 17.5 Å². The molecule has 1 saturated heterocycles. The first-order valence-electron chi connectivity index (χ1n) is 8.37. The Morgan fingerprint density at radius 2 is 1.74 bits per heavy atom. The summed E-state index contributed by atoms with van der Waals surface area (Å²) < 4.78 is 25.8. The second kappa shape index (κ2) is 6.61. The number of nitrogens with one attached hydrogen (secondary N) is 1. The summed E-state index contributed by atoms with van der Waals surface area (Å²) in [5.74, 6) is 0.679. The summed E-state index contributed by atoms with van der Waals surface area (Å²) in [6.07, 6.45) is 7.18. The average molecular weight is 336 g/mol. The van der Waals surface area contributed by atoms with E-state index in [-0.39, 0.29) is 10.8 Å². The van der Waals surface area contributed by atoms with E-state index in [4.69, 9.17) is 0 Å². The monoisotopic (exact) mass is 336 g/mol. The van der Waals surface area contributed by atoms with Crippen molar-refractivity contribution in [3.8, 4) is 0 Å². The van der Waals surface area contributed by atoms with Crippen LogP contribution in [0, 0.1) is 5.92 Å². The van der Waals surface area contributed by atoms with Crippen molar-refractivity contribution in [1.82, 2.24) is 9.62 Å². The zero-order valence-corrected chi connectivity index (χ0v) is 14.3. The van der Waals surface area contributed by atoms with E-state index in [1.165, 1.54) is 44.9 Å². The molecular weight excluding hydrogens is 312 g/mol. The van der Waals surface area contributed by atoms with Gasteiger partial charge in [-0.3, -0.25) is 4.79 Å². The average Bonchev–Trinajstić information content (AvgIpc) is 3.25. The van der Waals surface area contributed by atoms with Gasteiger partial charge in [0, 0.05) is 18.2 Å². The van der Waals surface area contributed by atoms with Crippen LogP contribution in [0.15, 0.2) is 29.2 Å². The van der Waals surface area contributed by atoms with E-state index in [0.717, 1.165) is 19.4 Å². The second-order valence-corrected chi connectivity index (χ2v) is 8.37. The fourth-order valence-corrected chi connectivity index (χ4v) is 4.67. The summed E-state index contributed by atoms with van der Waals surface area (Å²) in [5, 5.41) is 0. The maximum absolute atomic E-state index is 12.8. The van der Waals surface area contributed by atoms with Gasteiger partial charge in [-0.05, 0) is 62.9 Å². The summed E-state index contributed by atoms with van der Waals surface area (Å²) in [6, 6.07) is 6.61. The topological polar surface area (TPSA) is 66.5 Å². The number of likely N-dealkylation sites (tertiary alicyclic amines) is 1. The molecule has 2 fully saturated rings. The Morgan fingerprint density at radius 3 is 2.35 bits per heavy atom. The minimum Gasteiger partial charge on any atom is -0.335 e. The minimum atomic E-state index is -3.46. The first kappa shape index (κ1) is 16.5. The Balaban J connectivity index is 1.77. The van der Waals surface area contributed by atoms with Crippen molar-refractivity contribution in [1.29, 1.82) is 0 Å². The van der Waals surface area contributed by atoms with Crippen molar-refractivity contribution in [2.24, 2.45) is 5.92 Å². The smallest absolute Gasteiger partial charge is 0.254 e. The predicted molar refractivity (Wildman–Crippen MR) is 88.7 cm³/mol. The molecule has 1 N–H and O–H groups in total. The van der Waals surface area contributed by atoms with Gasteiger partial charge < -0.3 is 4.90 Å². The third kappa shape index (κ3) is 3.28. The lowest BCUT2D eigenvalue weighted by Gasteiger charge is -2.29. The summed E-state index contributed by atoms with van der Waals surface area (Å²) in [4.78, 5) is 15.0. The summed E-state index contributed by atoms with van der Waals surface area (Å²) in [5.41, 5.74) is 0.574. The van der Waals surface area contributed by atoms with E-state index in [2.05, 4.69) is 4.72 Å². The Morgan fingerprint density at radius 1 is 1.09 bits per heavy atom. The summed E-state index contributed by atoms with van der Waals surface area (Å²) in [6.45, 7) is 0.816. The first-order valence-corrected chi connectivity index (χ1v) is 9.86. The van der Waals surface area contributed by atoms with Gasteiger partial charge in [0.25, 0.3) is 5.91 Å². The number of carbonyl (C=O) groups is 1. The Bertz CT molecular complexity index is 664. The molecular formula is C17H24N2O3S. The van der Waals surface area contributed by atoms with E-state index < -0.39 is 10.0 Å². The highest BCUT2D eigenvalue weighted by molar-refractivity contribution is 7.89. The van der Waals surface area contributed by atoms with Crippen LogP contribution in [0.5, 0.6) is 0 Å². The van der Waals surface area contributed by atoms with Gasteiger partial charge >= 0.3 is 0 Å². The lowest BCUT2D eigenvalue weighted by Crippen LogP contribution is -2.39. The van der Waals surface area contributed by atoms with E-state index >= 15 is 0 Å². The van der Waals surface area contributed by atoms with Gasteiger partial charge in [0.05, 0.1) is 4.90 Å². The van der Waals surface area contributed by atoms with Gasteiger partial charge in [-0.1, -0.05) is 12.8 Å². The molecule has 1 amide bonds. The number of rotatable bonds is 4. The van der Waals surface area contributed by atoms with Crippen molar-refractivity contribution in [2.45, 2.75) is 49.5 Å². The summed E-state index contributed by atoms with van der Waals surface area (Å²) in [7, 11) is -2.08. The van der Waals surface area contributed by atoms with Crippen LogP contribution in [0.3, 0.4) is 0 Å². The zero-order chi connectivity index (χ0) is 16.4. The second-order valence-electron chi connectivity index (χ2n) is 6.48. The maximum atomic E-state index is 12.8. The highest BCUT2D eigenvalue weighted by atomic mass is 32.2. The third-order valence-corrected chi connectivity index (χ3v) is 6.61. The number of amides is 1. The Labute approximate surface area is 138 Å². The van der Waals surface area contributed by atoms with Crippen LogP contribution in [-0.2, 0) is 10.0 Å². The van der Waals surface area contributed by atoms with Gasteiger partial charge in [-0.25, -0.2) is 13.1 Å². The fourth-order valence-electron chi connectivity index (χ4n) is 3.94. The maximum Gasteiger partial charge on any atom is 0.254 e. The number of benzene rings is 1. The normalized spacial score (nSPS) is 22.7. The number of carbonyl (C=O) groups excluding carboxylic acids is 1. The van der Waals surface area contributed by atoms with Crippen LogP contribution in [0.4, 0.5) is 0 Å². The lowest BCUT2D eigenvalue weighted by atomic mass is 9.95. The molecule has 23 heavy (non-hydrogen) atoms. The number of hydrogen-bond acceptors (Lipinski definition) is 3. The van der Waals surface area contributed by atoms with Gasteiger partial charge in [0.2, 0.25) is 10.0 Å². The number of nitrogens with zero attached hydrogens (tertiary/aromatic N) is 1. The molecule has 2 aliphatic rings. The van der Waals surface area contributed by atoms with Crippen LogP contribution in [0.1, 0.15) is 48.9 Å². The molecule has 1 heterocycles. The molecule has 1 aliphatic heterocycles. The largest absolute Gasteiger partial charge is 0.335 e. The molecule has 5 nitrogen and oxygen atoms in total. The third-order valence-electron chi connectivity index (χ3n) is 5.18. The quantitative estimate of drug-likeness (QED) is 0.918. The highest BCUT2D eigenvalue weighted by Gasteiger charge is 2.36. The SMILES string of the molecule is CNS(=O)(=O)c1ccc(C(=O)N2CCC[C@H]2C2CCCC2)cc1. The van der Waals surface area contributed by atoms with Gasteiger partial charge in [0.1, 0.15) is 0 Å². The molecule has 1 aliphatic carbocycles. The fraction of sp³-hybridized carbons (Fsp3) is 0.588. The first-order chi connectivity index (χ1) is 11.0. The van der Waals surface area contributed by atoms with Crippen LogP contribution >= 0.6 is 0 Å². The molecule has 6 heteroatoms. The number of sulfonamides is 1. The Hall–Kier alpha value is -1.40. The van der Waals surface area contributed by atoms with Crippen molar-refractivity contribution in [3.05, 3.63) is 29.8 Å². The molecule has 0 bridgehead atoms. The highest BCUT2D eigenvalue weighted by Crippen LogP contribution is 2.36. The standard InChI is InChI=1S/C17H24N2O3S/c1-18-23(21,22)15-10-8-14(9-11-15)17(20)19-12-4-7-16(19)13-5-2-3-6-13/h8-11,13,16,18H,2-7,12H2,1H3/t16-/m0/s1. The molecule has 1 saturated carbocycles. The summed E-state index contributed by atoms with van der Waals surface area (Å²) >= 11 is 0. The number of hydrogen-bond donors (Lipinski definition) is 1. The van der Waals surface area contributed by atoms with Crippen molar-refractivity contribution in [3.63, 3.8) is 0 Å². The molecule has 1 aromatic carbocycles. The lowest BCUT2D eigenvalue weighted by molar-refractivity contribution is 0.0689. The van der Waals surface area contributed by atoms with Crippen LogP contribution in [-0.4, -0.2) is 38.9 Å². The van der Waals surface area contributed by atoms with Crippen LogP contribution in [0.2, 0.25) is 0 Å². The molecule has 126 valence electrons. The molecule has 0 aromatic heterocycles. The van der Waals surface area contributed by atoms with E-state index in [9.17, 15) is 13.2 Å². The van der Waals surface area contributed by atoms with Gasteiger partial charge in [0.15, 0.2) is 0 Å². The van der Waals surface area contributed by atoms with Crippen molar-refractivity contribution in [2.75, 3.05) is 13.6 Å². The molecule has 1 aromatic rings. The van der Waals surface area contributed by atoms with Gasteiger partial charge in [-0.2, -0.15) is 0 Å². The van der Waals surface area contributed by atoms with Crippen molar-refractivity contribution < 1.29 is 13.2 Å². The van der Waals surface area contributed by atoms with Gasteiger partial charge in [-0.15, -0.1) is 0 Å². The minimum absolute atomic E-state index is 0.0350. The van der Waals surface area contributed by atoms with Crippen LogP contribution in [0.25, 0.3) is 0 Å². The van der Waals surface area contributed by atoms with Crippen LogP contribution < -0.4 is 4.72 Å². The predicted octanol–water partition coefficient (Wildman–Crippen LogP) is 2.39. The van der Waals surface area contributed by atoms with E-state index in [1.807, 2.05) is 4.90 Å². The molecule has 0 radical (unpaired) electrons. The molecule has 0 unspecified atom stereocenters. The zero-order valence-electron chi connectivity index (χ0n) is 13.5. The molecule has 1 atom stereocenters.